The Morgan fingerprint density at radius 3 is 2.32 bits per heavy atom. The Morgan fingerprint density at radius 2 is 1.84 bits per heavy atom. The van der Waals surface area contributed by atoms with E-state index in [4.69, 9.17) is 4.74 Å². The minimum Gasteiger partial charge on any atom is -0.459 e. The number of halogens is 1. The lowest BCUT2D eigenvalue weighted by Crippen LogP contribution is -2.34. The van der Waals surface area contributed by atoms with Gasteiger partial charge in [0, 0.05) is 10.5 Å². The van der Waals surface area contributed by atoms with E-state index in [-0.39, 0.29) is 18.6 Å². The molecule has 0 amide bonds. The molecular weight excluding hydrogens is 306 g/mol. The highest BCUT2D eigenvalue weighted by atomic mass is 79.9. The number of likely N-dealkylation sites (N-methyl/N-ethyl adjacent to an activating group) is 1. The molecule has 0 fully saturated rings. The van der Waals surface area contributed by atoms with Gasteiger partial charge in [-0.1, -0.05) is 28.1 Å². The van der Waals surface area contributed by atoms with Gasteiger partial charge in [0.1, 0.15) is 5.60 Å². The topological polar surface area (TPSA) is 29.5 Å². The molecule has 0 bridgehead atoms. The first-order valence-corrected chi connectivity index (χ1v) is 7.16. The Morgan fingerprint density at radius 1 is 1.32 bits per heavy atom. The van der Waals surface area contributed by atoms with Crippen LogP contribution < -0.4 is 0 Å². The number of benzene rings is 1. The van der Waals surface area contributed by atoms with Gasteiger partial charge in [0.15, 0.2) is 0 Å². The third-order valence-electron chi connectivity index (χ3n) is 2.81. The summed E-state index contributed by atoms with van der Waals surface area (Å²) in [5, 5.41) is 0. The molecule has 1 atom stereocenters. The maximum absolute atomic E-state index is 11.8. The Labute approximate surface area is 124 Å². The van der Waals surface area contributed by atoms with Crippen LogP contribution in [0.2, 0.25) is 0 Å². The van der Waals surface area contributed by atoms with Crippen LogP contribution in [0.15, 0.2) is 28.7 Å². The fourth-order valence-corrected chi connectivity index (χ4v) is 1.97. The summed E-state index contributed by atoms with van der Waals surface area (Å²) >= 11 is 3.42. The van der Waals surface area contributed by atoms with Crippen molar-refractivity contribution in [2.45, 2.75) is 39.3 Å². The summed E-state index contributed by atoms with van der Waals surface area (Å²) in [7, 11) is 1.93. The number of carbonyl (C=O) groups excluding carboxylic acids is 1. The lowest BCUT2D eigenvalue weighted by atomic mass is 10.1. The normalized spacial score (nSPS) is 13.4. The number of carbonyl (C=O) groups is 1. The van der Waals surface area contributed by atoms with E-state index in [2.05, 4.69) is 35.0 Å². The molecule has 0 aliphatic rings. The van der Waals surface area contributed by atoms with Crippen LogP contribution in [0, 0.1) is 0 Å². The maximum atomic E-state index is 11.8. The van der Waals surface area contributed by atoms with Crippen LogP contribution in [0.3, 0.4) is 0 Å². The molecule has 3 nitrogen and oxygen atoms in total. The lowest BCUT2D eigenvalue weighted by Gasteiger charge is -2.26. The SMILES string of the molecule is C[C@@H](c1ccc(Br)cc1)N(C)CC(=O)OC(C)(C)C. The third-order valence-corrected chi connectivity index (χ3v) is 3.34. The molecule has 0 heterocycles. The molecule has 1 aromatic carbocycles. The van der Waals surface area contributed by atoms with E-state index >= 15 is 0 Å². The van der Waals surface area contributed by atoms with Gasteiger partial charge in [-0.2, -0.15) is 0 Å². The molecule has 0 unspecified atom stereocenters. The molecule has 0 aliphatic heterocycles. The van der Waals surface area contributed by atoms with E-state index in [0.29, 0.717) is 0 Å². The number of esters is 1. The van der Waals surface area contributed by atoms with Gasteiger partial charge < -0.3 is 4.74 Å². The highest BCUT2D eigenvalue weighted by Gasteiger charge is 2.20. The Kier molecular flexibility index (Phi) is 5.56. The summed E-state index contributed by atoms with van der Waals surface area (Å²) in [6.07, 6.45) is 0. The van der Waals surface area contributed by atoms with Crippen LogP contribution >= 0.6 is 15.9 Å². The van der Waals surface area contributed by atoms with Gasteiger partial charge in [0.25, 0.3) is 0 Å². The van der Waals surface area contributed by atoms with Crippen molar-refractivity contribution in [1.82, 2.24) is 4.90 Å². The molecule has 0 N–H and O–H groups in total. The molecular formula is C15H22BrNO2. The van der Waals surface area contributed by atoms with E-state index in [1.807, 2.05) is 44.9 Å². The minimum atomic E-state index is -0.432. The number of hydrogen-bond acceptors (Lipinski definition) is 3. The van der Waals surface area contributed by atoms with Crippen LogP contribution in [0.4, 0.5) is 0 Å². The molecule has 0 saturated carbocycles. The van der Waals surface area contributed by atoms with Crippen LogP contribution in [0.25, 0.3) is 0 Å². The molecule has 19 heavy (non-hydrogen) atoms. The second kappa shape index (κ2) is 6.53. The van der Waals surface area contributed by atoms with E-state index < -0.39 is 5.60 Å². The molecule has 4 heteroatoms. The molecule has 106 valence electrons. The Hall–Kier alpha value is -0.870. The van der Waals surface area contributed by atoms with Crippen LogP contribution in [0.1, 0.15) is 39.3 Å². The first-order chi connectivity index (χ1) is 8.69. The Balaban J connectivity index is 2.60. The van der Waals surface area contributed by atoms with Crippen molar-refractivity contribution in [2.24, 2.45) is 0 Å². The summed E-state index contributed by atoms with van der Waals surface area (Å²) < 4.78 is 6.38. The second-order valence-corrected chi connectivity index (χ2v) is 6.64. The van der Waals surface area contributed by atoms with Crippen molar-refractivity contribution in [3.63, 3.8) is 0 Å². The van der Waals surface area contributed by atoms with Crippen molar-refractivity contribution < 1.29 is 9.53 Å². The first-order valence-electron chi connectivity index (χ1n) is 6.36. The van der Waals surface area contributed by atoms with Crippen LogP contribution in [0.5, 0.6) is 0 Å². The number of rotatable bonds is 4. The summed E-state index contributed by atoms with van der Waals surface area (Å²) in [6, 6.07) is 8.29. The van der Waals surface area contributed by atoms with Crippen molar-refractivity contribution in [1.29, 1.82) is 0 Å². The number of ether oxygens (including phenoxy) is 1. The molecule has 0 radical (unpaired) electrons. The summed E-state index contributed by atoms with van der Waals surface area (Å²) in [5.41, 5.74) is 0.743. The lowest BCUT2D eigenvalue weighted by molar-refractivity contribution is -0.156. The van der Waals surface area contributed by atoms with E-state index in [9.17, 15) is 4.79 Å². The summed E-state index contributed by atoms with van der Waals surface area (Å²) in [4.78, 5) is 13.8. The van der Waals surface area contributed by atoms with Gasteiger partial charge in [0.05, 0.1) is 6.54 Å². The fraction of sp³-hybridized carbons (Fsp3) is 0.533. The van der Waals surface area contributed by atoms with Crippen LogP contribution in [-0.2, 0) is 9.53 Å². The van der Waals surface area contributed by atoms with Gasteiger partial charge >= 0.3 is 5.97 Å². The van der Waals surface area contributed by atoms with Gasteiger partial charge in [-0.25, -0.2) is 0 Å². The molecule has 0 aliphatic carbocycles. The maximum Gasteiger partial charge on any atom is 0.320 e. The predicted octanol–water partition coefficient (Wildman–Crippen LogP) is 3.78. The third kappa shape index (κ3) is 5.74. The smallest absolute Gasteiger partial charge is 0.320 e. The highest BCUT2D eigenvalue weighted by molar-refractivity contribution is 9.10. The quantitative estimate of drug-likeness (QED) is 0.788. The molecule has 1 aromatic rings. The fourth-order valence-electron chi connectivity index (χ4n) is 1.71. The molecule has 1 rings (SSSR count). The van der Waals surface area contributed by atoms with Gasteiger partial charge in [-0.05, 0) is 52.4 Å². The van der Waals surface area contributed by atoms with Crippen molar-refractivity contribution in [2.75, 3.05) is 13.6 Å². The molecule has 0 spiro atoms. The van der Waals surface area contributed by atoms with Gasteiger partial charge in [-0.15, -0.1) is 0 Å². The molecule has 0 aromatic heterocycles. The standard InChI is InChI=1S/C15H22BrNO2/c1-11(12-6-8-13(16)9-7-12)17(5)10-14(18)19-15(2,3)4/h6-9,11H,10H2,1-5H3/t11-/m0/s1. The summed E-state index contributed by atoms with van der Waals surface area (Å²) in [5.74, 6) is -0.195. The van der Waals surface area contributed by atoms with Gasteiger partial charge in [-0.3, -0.25) is 9.69 Å². The predicted molar refractivity (Wildman–Crippen MR) is 81.0 cm³/mol. The van der Waals surface area contributed by atoms with Gasteiger partial charge in [0.2, 0.25) is 0 Å². The zero-order valence-corrected chi connectivity index (χ0v) is 13.8. The zero-order chi connectivity index (χ0) is 14.6. The zero-order valence-electron chi connectivity index (χ0n) is 12.2. The first kappa shape index (κ1) is 16.2. The molecule has 0 saturated heterocycles. The monoisotopic (exact) mass is 327 g/mol. The van der Waals surface area contributed by atoms with Crippen molar-refractivity contribution >= 4 is 21.9 Å². The largest absolute Gasteiger partial charge is 0.459 e. The van der Waals surface area contributed by atoms with Crippen molar-refractivity contribution in [3.8, 4) is 0 Å². The van der Waals surface area contributed by atoms with E-state index in [0.717, 1.165) is 4.47 Å². The number of hydrogen-bond donors (Lipinski definition) is 0. The number of nitrogens with zero attached hydrogens (tertiary/aromatic N) is 1. The van der Waals surface area contributed by atoms with Crippen molar-refractivity contribution in [3.05, 3.63) is 34.3 Å². The second-order valence-electron chi connectivity index (χ2n) is 5.73. The average molecular weight is 328 g/mol. The average Bonchev–Trinajstić information content (AvgIpc) is 2.26. The summed E-state index contributed by atoms with van der Waals surface area (Å²) in [6.45, 7) is 8.00. The van der Waals surface area contributed by atoms with Crippen LogP contribution in [-0.4, -0.2) is 30.1 Å². The van der Waals surface area contributed by atoms with E-state index in [1.165, 1.54) is 5.56 Å². The van der Waals surface area contributed by atoms with E-state index in [1.54, 1.807) is 0 Å². The minimum absolute atomic E-state index is 0.167. The Bertz CT molecular complexity index is 423. The highest BCUT2D eigenvalue weighted by Crippen LogP contribution is 2.21.